The molecule has 2 aliphatic heterocycles. The van der Waals surface area contributed by atoms with E-state index in [1.165, 1.54) is 12.8 Å². The second kappa shape index (κ2) is 12.5. The Bertz CT molecular complexity index is 403. The van der Waals surface area contributed by atoms with Crippen LogP contribution in [0.15, 0.2) is 0 Å². The molecule has 1 spiro atoms. The van der Waals surface area contributed by atoms with Gasteiger partial charge in [0.2, 0.25) is 0 Å². The van der Waals surface area contributed by atoms with Crippen LogP contribution in [0, 0.1) is 11.8 Å². The molecule has 0 aromatic rings. The second-order valence-corrected chi connectivity index (χ2v) is 8.66. The van der Waals surface area contributed by atoms with E-state index in [9.17, 15) is 0 Å². The molecule has 2 heterocycles. The molecule has 1 unspecified atom stereocenters. The molecule has 3 fully saturated rings. The Morgan fingerprint density at radius 1 is 1.04 bits per heavy atom. The van der Waals surface area contributed by atoms with Gasteiger partial charge in [-0.1, -0.05) is 34.6 Å². The summed E-state index contributed by atoms with van der Waals surface area (Å²) >= 11 is 0. The van der Waals surface area contributed by atoms with Gasteiger partial charge in [0.1, 0.15) is 0 Å². The lowest BCUT2D eigenvalue weighted by atomic mass is 9.79. The van der Waals surface area contributed by atoms with Crippen LogP contribution in [0.25, 0.3) is 0 Å². The quantitative estimate of drug-likeness (QED) is 0.584. The van der Waals surface area contributed by atoms with Crippen LogP contribution in [-0.2, 0) is 18.9 Å². The zero-order valence-electron chi connectivity index (χ0n) is 19.1. The molecule has 28 heavy (non-hydrogen) atoms. The fraction of sp³-hybridized carbons (Fsp3) is 1.00. The van der Waals surface area contributed by atoms with E-state index in [0.29, 0.717) is 0 Å². The maximum atomic E-state index is 6.43. The monoisotopic (exact) mass is 399 g/mol. The average Bonchev–Trinajstić information content (AvgIpc) is 3.11. The number of hydrogen-bond acceptors (Lipinski definition) is 5. The first kappa shape index (κ1) is 24.1. The molecule has 3 aliphatic rings. The van der Waals surface area contributed by atoms with Gasteiger partial charge in [-0.2, -0.15) is 0 Å². The Labute approximate surface area is 173 Å². The van der Waals surface area contributed by atoms with Gasteiger partial charge < -0.3 is 18.9 Å². The summed E-state index contributed by atoms with van der Waals surface area (Å²) in [4.78, 5) is 2.46. The van der Waals surface area contributed by atoms with Crippen LogP contribution in [0.3, 0.4) is 0 Å². The van der Waals surface area contributed by atoms with Crippen molar-refractivity contribution < 1.29 is 18.9 Å². The normalized spacial score (nSPS) is 31.4. The van der Waals surface area contributed by atoms with Gasteiger partial charge in [0.05, 0.1) is 25.9 Å². The summed E-state index contributed by atoms with van der Waals surface area (Å²) in [5.41, 5.74) is 0. The van der Waals surface area contributed by atoms with Crippen molar-refractivity contribution in [2.24, 2.45) is 11.8 Å². The molecule has 0 radical (unpaired) electrons. The molecule has 0 aromatic heterocycles. The number of rotatable bonds is 8. The van der Waals surface area contributed by atoms with Crippen LogP contribution in [0.2, 0.25) is 0 Å². The minimum absolute atomic E-state index is 0.0614. The van der Waals surface area contributed by atoms with Gasteiger partial charge in [-0.15, -0.1) is 0 Å². The summed E-state index contributed by atoms with van der Waals surface area (Å²) in [6, 6.07) is 0. The van der Waals surface area contributed by atoms with Crippen molar-refractivity contribution in [1.29, 1.82) is 0 Å². The van der Waals surface area contributed by atoms with E-state index < -0.39 is 0 Å². The van der Waals surface area contributed by atoms with Crippen LogP contribution in [0.1, 0.15) is 79.6 Å². The standard InChI is InChI=1S/C21H39NO4.C2H6/c1-4-11-22(15-20-23-13-5-14-24-20)12-8-19-16-25-21(26-19)9-6-18(7-10-21)17(2)3;1-2/h17-20H,4-16H2,1-3H3;1-2H3. The molecule has 5 heteroatoms. The van der Waals surface area contributed by atoms with Crippen LogP contribution in [-0.4, -0.2) is 62.5 Å². The Morgan fingerprint density at radius 3 is 2.32 bits per heavy atom. The predicted octanol–water partition coefficient (Wildman–Crippen LogP) is 4.84. The summed E-state index contributed by atoms with van der Waals surface area (Å²) in [6.07, 6.45) is 7.97. The highest BCUT2D eigenvalue weighted by atomic mass is 16.7. The Kier molecular flexibility index (Phi) is 10.7. The zero-order valence-corrected chi connectivity index (χ0v) is 19.1. The maximum absolute atomic E-state index is 6.43. The lowest BCUT2D eigenvalue weighted by Crippen LogP contribution is -2.40. The molecule has 166 valence electrons. The van der Waals surface area contributed by atoms with Crippen molar-refractivity contribution in [2.45, 2.75) is 97.7 Å². The van der Waals surface area contributed by atoms with Gasteiger partial charge in [-0.3, -0.25) is 4.90 Å². The van der Waals surface area contributed by atoms with E-state index >= 15 is 0 Å². The summed E-state index contributed by atoms with van der Waals surface area (Å²) in [7, 11) is 0. The second-order valence-electron chi connectivity index (χ2n) is 8.66. The summed E-state index contributed by atoms with van der Waals surface area (Å²) in [6.45, 7) is 16.3. The first-order chi connectivity index (χ1) is 13.6. The van der Waals surface area contributed by atoms with E-state index in [0.717, 1.165) is 83.4 Å². The molecule has 1 saturated carbocycles. The number of ether oxygens (including phenoxy) is 4. The molecule has 5 nitrogen and oxygen atoms in total. The van der Waals surface area contributed by atoms with E-state index in [4.69, 9.17) is 18.9 Å². The van der Waals surface area contributed by atoms with Crippen molar-refractivity contribution in [3.05, 3.63) is 0 Å². The summed E-state index contributed by atoms with van der Waals surface area (Å²) in [5.74, 6) is 1.33. The number of nitrogens with zero attached hydrogens (tertiary/aromatic N) is 1. The van der Waals surface area contributed by atoms with E-state index in [1.54, 1.807) is 0 Å². The molecule has 0 aromatic carbocycles. The third-order valence-electron chi connectivity index (χ3n) is 6.26. The third-order valence-corrected chi connectivity index (χ3v) is 6.26. The maximum Gasteiger partial charge on any atom is 0.170 e. The van der Waals surface area contributed by atoms with E-state index in [-0.39, 0.29) is 18.2 Å². The van der Waals surface area contributed by atoms with Crippen molar-refractivity contribution in [2.75, 3.05) is 39.5 Å². The van der Waals surface area contributed by atoms with Gasteiger partial charge in [-0.25, -0.2) is 0 Å². The molecule has 0 bridgehead atoms. The van der Waals surface area contributed by atoms with Crippen molar-refractivity contribution >= 4 is 0 Å². The lowest BCUT2D eigenvalue weighted by Gasteiger charge is -2.37. The predicted molar refractivity (Wildman–Crippen MR) is 113 cm³/mol. The molecule has 3 rings (SSSR count). The molecule has 0 amide bonds. The Balaban J connectivity index is 0.00000136. The lowest BCUT2D eigenvalue weighted by molar-refractivity contribution is -0.196. The van der Waals surface area contributed by atoms with Crippen molar-refractivity contribution in [3.63, 3.8) is 0 Å². The average molecular weight is 400 g/mol. The topological polar surface area (TPSA) is 40.2 Å². The van der Waals surface area contributed by atoms with Gasteiger partial charge >= 0.3 is 0 Å². The van der Waals surface area contributed by atoms with Gasteiger partial charge in [-0.05, 0) is 50.5 Å². The van der Waals surface area contributed by atoms with Crippen LogP contribution in [0.4, 0.5) is 0 Å². The Morgan fingerprint density at radius 2 is 1.71 bits per heavy atom. The summed E-state index contributed by atoms with van der Waals surface area (Å²) in [5, 5.41) is 0. The molecule has 1 atom stereocenters. The van der Waals surface area contributed by atoms with Gasteiger partial charge in [0.25, 0.3) is 0 Å². The number of hydrogen-bond donors (Lipinski definition) is 0. The molecular weight excluding hydrogens is 354 g/mol. The summed E-state index contributed by atoms with van der Waals surface area (Å²) < 4.78 is 24.1. The first-order valence-electron chi connectivity index (χ1n) is 11.9. The van der Waals surface area contributed by atoms with E-state index in [1.807, 2.05) is 13.8 Å². The minimum atomic E-state index is -0.277. The van der Waals surface area contributed by atoms with Gasteiger partial charge in [0.15, 0.2) is 12.1 Å². The van der Waals surface area contributed by atoms with Gasteiger partial charge in [0, 0.05) is 25.9 Å². The Hall–Kier alpha value is -0.200. The van der Waals surface area contributed by atoms with Crippen molar-refractivity contribution in [1.82, 2.24) is 4.90 Å². The van der Waals surface area contributed by atoms with Crippen LogP contribution >= 0.6 is 0 Å². The SMILES string of the molecule is CC.CCCN(CCC1COC2(CCC(C(C)C)CC2)O1)CC1OCCCO1. The molecule has 0 N–H and O–H groups in total. The fourth-order valence-electron chi connectivity index (χ4n) is 4.56. The molecular formula is C23H45NO4. The van der Waals surface area contributed by atoms with Crippen molar-refractivity contribution in [3.8, 4) is 0 Å². The van der Waals surface area contributed by atoms with Crippen LogP contribution in [0.5, 0.6) is 0 Å². The largest absolute Gasteiger partial charge is 0.351 e. The molecule has 1 aliphatic carbocycles. The highest BCUT2D eigenvalue weighted by molar-refractivity contribution is 4.86. The first-order valence-corrected chi connectivity index (χ1v) is 11.9. The van der Waals surface area contributed by atoms with Crippen LogP contribution < -0.4 is 0 Å². The fourth-order valence-corrected chi connectivity index (χ4v) is 4.56. The highest BCUT2D eigenvalue weighted by Gasteiger charge is 2.44. The smallest absolute Gasteiger partial charge is 0.170 e. The zero-order chi connectivity index (χ0) is 20.4. The minimum Gasteiger partial charge on any atom is -0.351 e. The van der Waals surface area contributed by atoms with E-state index in [2.05, 4.69) is 25.7 Å². The third kappa shape index (κ3) is 7.24. The molecule has 2 saturated heterocycles. The highest BCUT2D eigenvalue weighted by Crippen LogP contribution is 2.42.